The van der Waals surface area contributed by atoms with Crippen molar-refractivity contribution in [2.75, 3.05) is 26.2 Å². The lowest BCUT2D eigenvalue weighted by atomic mass is 9.92. The lowest BCUT2D eigenvalue weighted by Gasteiger charge is -2.32. The van der Waals surface area contributed by atoms with Gasteiger partial charge in [-0.2, -0.15) is 0 Å². The first-order valence-corrected chi connectivity index (χ1v) is 8.48. The van der Waals surface area contributed by atoms with Crippen molar-refractivity contribution in [3.05, 3.63) is 34.9 Å². The van der Waals surface area contributed by atoms with Gasteiger partial charge in [-0.3, -0.25) is 14.5 Å². The third kappa shape index (κ3) is 3.34. The van der Waals surface area contributed by atoms with Crippen LogP contribution in [0.3, 0.4) is 0 Å². The van der Waals surface area contributed by atoms with Crippen LogP contribution in [0.25, 0.3) is 0 Å². The van der Waals surface area contributed by atoms with Crippen LogP contribution in [-0.4, -0.2) is 60.0 Å². The summed E-state index contributed by atoms with van der Waals surface area (Å²) in [4.78, 5) is 40.2. The van der Waals surface area contributed by atoms with Crippen molar-refractivity contribution in [3.63, 3.8) is 0 Å². The van der Waals surface area contributed by atoms with Gasteiger partial charge in [0.2, 0.25) is 5.91 Å². The van der Waals surface area contributed by atoms with E-state index in [0.717, 1.165) is 4.90 Å². The Labute approximate surface area is 150 Å². The number of urea groups is 1. The Hall–Kier alpha value is -2.12. The van der Waals surface area contributed by atoms with Gasteiger partial charge in [0.1, 0.15) is 12.1 Å². The molecule has 8 heteroatoms. The number of carbonyl (C=O) groups is 3. The Balaban J connectivity index is 1.75. The number of carbonyl (C=O) groups excluding carboxylic acids is 3. The zero-order valence-corrected chi connectivity index (χ0v) is 14.9. The summed E-state index contributed by atoms with van der Waals surface area (Å²) in [7, 11) is 0. The second-order valence-corrected chi connectivity index (χ2v) is 6.91. The van der Waals surface area contributed by atoms with Crippen molar-refractivity contribution < 1.29 is 19.1 Å². The molecule has 2 unspecified atom stereocenters. The molecule has 0 aliphatic carbocycles. The van der Waals surface area contributed by atoms with E-state index in [1.54, 1.807) is 36.1 Å². The topological polar surface area (TPSA) is 79.0 Å². The van der Waals surface area contributed by atoms with E-state index in [1.807, 2.05) is 6.92 Å². The normalized spacial score (nSPS) is 26.8. The van der Waals surface area contributed by atoms with Gasteiger partial charge in [-0.15, -0.1) is 0 Å². The summed E-state index contributed by atoms with van der Waals surface area (Å²) in [5, 5.41) is 3.22. The quantitative estimate of drug-likeness (QED) is 0.820. The minimum Gasteiger partial charge on any atom is -0.375 e. The third-order valence-corrected chi connectivity index (χ3v) is 4.84. The number of hydrogen-bond donors (Lipinski definition) is 1. The first-order chi connectivity index (χ1) is 11.8. The third-order valence-electron chi connectivity index (χ3n) is 4.58. The van der Waals surface area contributed by atoms with Crippen LogP contribution in [0.15, 0.2) is 24.3 Å². The van der Waals surface area contributed by atoms with E-state index >= 15 is 0 Å². The van der Waals surface area contributed by atoms with Gasteiger partial charge in [0, 0.05) is 18.1 Å². The van der Waals surface area contributed by atoms with Gasteiger partial charge >= 0.3 is 6.03 Å². The van der Waals surface area contributed by atoms with E-state index in [1.165, 1.54) is 0 Å². The molecule has 0 bridgehead atoms. The maximum atomic E-state index is 12.8. The maximum absolute atomic E-state index is 12.8. The molecule has 7 nitrogen and oxygen atoms in total. The lowest BCUT2D eigenvalue weighted by Crippen LogP contribution is -2.49. The Morgan fingerprint density at radius 1 is 1.36 bits per heavy atom. The molecule has 2 aliphatic heterocycles. The molecule has 0 saturated carbocycles. The van der Waals surface area contributed by atoms with Crippen molar-refractivity contribution in [2.24, 2.45) is 0 Å². The zero-order chi connectivity index (χ0) is 18.2. The molecular formula is C17H20ClN3O4. The fourth-order valence-corrected chi connectivity index (χ4v) is 3.23. The van der Waals surface area contributed by atoms with Crippen LogP contribution in [0.5, 0.6) is 0 Å². The number of morpholine rings is 1. The van der Waals surface area contributed by atoms with Crippen LogP contribution in [0.1, 0.15) is 19.4 Å². The highest BCUT2D eigenvalue weighted by molar-refractivity contribution is 6.30. The molecule has 1 aromatic rings. The molecule has 0 spiro atoms. The second-order valence-electron chi connectivity index (χ2n) is 6.47. The van der Waals surface area contributed by atoms with Crippen molar-refractivity contribution in [1.29, 1.82) is 0 Å². The summed E-state index contributed by atoms with van der Waals surface area (Å²) >= 11 is 5.88. The van der Waals surface area contributed by atoms with Crippen LogP contribution in [0.4, 0.5) is 4.79 Å². The van der Waals surface area contributed by atoms with E-state index in [-0.39, 0.29) is 18.6 Å². The summed E-state index contributed by atoms with van der Waals surface area (Å²) in [6, 6.07) is 6.12. The summed E-state index contributed by atoms with van der Waals surface area (Å²) in [6.07, 6.45) is -0.0554. The first kappa shape index (κ1) is 17.7. The van der Waals surface area contributed by atoms with Crippen LogP contribution in [-0.2, 0) is 19.9 Å². The molecular weight excluding hydrogens is 346 g/mol. The lowest BCUT2D eigenvalue weighted by molar-refractivity contribution is -0.143. The average molecular weight is 366 g/mol. The number of imide groups is 1. The number of benzene rings is 1. The molecule has 25 heavy (non-hydrogen) atoms. The van der Waals surface area contributed by atoms with Gasteiger partial charge < -0.3 is 15.0 Å². The molecule has 3 rings (SSSR count). The van der Waals surface area contributed by atoms with Gasteiger partial charge in [0.15, 0.2) is 0 Å². The molecule has 2 fully saturated rings. The minimum atomic E-state index is -1.21. The van der Waals surface area contributed by atoms with Gasteiger partial charge in [0.25, 0.3) is 5.91 Å². The summed E-state index contributed by atoms with van der Waals surface area (Å²) in [5.41, 5.74) is -0.592. The smallest absolute Gasteiger partial charge is 0.325 e. The van der Waals surface area contributed by atoms with Gasteiger partial charge in [-0.1, -0.05) is 23.7 Å². The predicted octanol–water partition coefficient (Wildman–Crippen LogP) is 1.35. The van der Waals surface area contributed by atoms with E-state index in [0.29, 0.717) is 30.3 Å². The van der Waals surface area contributed by atoms with Crippen molar-refractivity contribution in [1.82, 2.24) is 15.1 Å². The van der Waals surface area contributed by atoms with Crippen molar-refractivity contribution in [3.8, 4) is 0 Å². The number of nitrogens with one attached hydrogen (secondary N) is 1. The van der Waals surface area contributed by atoms with Crippen LogP contribution in [0, 0.1) is 0 Å². The maximum Gasteiger partial charge on any atom is 0.325 e. The van der Waals surface area contributed by atoms with Crippen LogP contribution >= 0.6 is 11.6 Å². The molecule has 0 aromatic heterocycles. The fraction of sp³-hybridized carbons (Fsp3) is 0.471. The summed E-state index contributed by atoms with van der Waals surface area (Å²) in [5.74, 6) is -0.714. The summed E-state index contributed by atoms with van der Waals surface area (Å²) in [6.45, 7) is 4.59. The minimum absolute atomic E-state index is 0.0554. The number of hydrogen-bond acceptors (Lipinski definition) is 4. The number of rotatable bonds is 3. The predicted molar refractivity (Wildman–Crippen MR) is 91.0 cm³/mol. The van der Waals surface area contributed by atoms with E-state index in [2.05, 4.69) is 5.32 Å². The average Bonchev–Trinajstić information content (AvgIpc) is 2.79. The number of amides is 4. The number of halogens is 1. The van der Waals surface area contributed by atoms with Crippen molar-refractivity contribution in [2.45, 2.75) is 25.5 Å². The molecule has 2 aliphatic rings. The molecule has 2 atom stereocenters. The SMILES string of the molecule is CC1CN(C(=O)CN2C(=O)NC(C)(c3ccc(Cl)cc3)C2=O)CCO1. The monoisotopic (exact) mass is 365 g/mol. The Morgan fingerprint density at radius 2 is 2.04 bits per heavy atom. The Morgan fingerprint density at radius 3 is 2.68 bits per heavy atom. The highest BCUT2D eigenvalue weighted by Crippen LogP contribution is 2.29. The van der Waals surface area contributed by atoms with E-state index < -0.39 is 17.5 Å². The van der Waals surface area contributed by atoms with Crippen LogP contribution in [0.2, 0.25) is 5.02 Å². The van der Waals surface area contributed by atoms with Gasteiger partial charge in [-0.05, 0) is 31.5 Å². The highest BCUT2D eigenvalue weighted by atomic mass is 35.5. The standard InChI is InChI=1S/C17H20ClN3O4/c1-11-9-20(7-8-25-11)14(22)10-21-15(23)17(2,19-16(21)24)12-3-5-13(18)6-4-12/h3-6,11H,7-10H2,1-2H3,(H,19,24). The zero-order valence-electron chi connectivity index (χ0n) is 14.1. The fourth-order valence-electron chi connectivity index (χ4n) is 3.10. The highest BCUT2D eigenvalue weighted by Gasteiger charge is 2.49. The number of ether oxygens (including phenoxy) is 1. The molecule has 2 saturated heterocycles. The molecule has 2 heterocycles. The van der Waals surface area contributed by atoms with E-state index in [9.17, 15) is 14.4 Å². The second kappa shape index (κ2) is 6.65. The molecule has 134 valence electrons. The number of nitrogens with zero attached hydrogens (tertiary/aromatic N) is 2. The van der Waals surface area contributed by atoms with Crippen LogP contribution < -0.4 is 5.32 Å². The van der Waals surface area contributed by atoms with Gasteiger partial charge in [0.05, 0.1) is 12.7 Å². The molecule has 0 radical (unpaired) electrons. The largest absolute Gasteiger partial charge is 0.375 e. The Bertz CT molecular complexity index is 708. The molecule has 1 aromatic carbocycles. The summed E-state index contributed by atoms with van der Waals surface area (Å²) < 4.78 is 5.41. The molecule has 1 N–H and O–H groups in total. The van der Waals surface area contributed by atoms with Crippen molar-refractivity contribution >= 4 is 29.4 Å². The molecule has 4 amide bonds. The Kier molecular flexibility index (Phi) is 4.71. The van der Waals surface area contributed by atoms with Gasteiger partial charge in [-0.25, -0.2) is 4.79 Å². The van der Waals surface area contributed by atoms with E-state index in [4.69, 9.17) is 16.3 Å². The first-order valence-electron chi connectivity index (χ1n) is 8.11.